The number of nitrogens with one attached hydrogen (secondary N) is 1. The van der Waals surface area contributed by atoms with Crippen LogP contribution in [0.15, 0.2) is 30.3 Å². The van der Waals surface area contributed by atoms with Crippen LogP contribution in [0.1, 0.15) is 26.3 Å². The Bertz CT molecular complexity index is 352. The number of aliphatic hydroxyl groups excluding tert-OH is 2. The summed E-state index contributed by atoms with van der Waals surface area (Å²) >= 11 is 0. The molecule has 0 aliphatic heterocycles. The summed E-state index contributed by atoms with van der Waals surface area (Å²) < 4.78 is 5.45. The van der Waals surface area contributed by atoms with Gasteiger partial charge in [0.1, 0.15) is 0 Å². The van der Waals surface area contributed by atoms with Gasteiger partial charge in [-0.1, -0.05) is 30.3 Å². The molecular formula is C15H25NO3. The Morgan fingerprint density at radius 3 is 2.42 bits per heavy atom. The largest absolute Gasteiger partial charge is 0.392 e. The fourth-order valence-electron chi connectivity index (χ4n) is 1.47. The van der Waals surface area contributed by atoms with Crippen molar-refractivity contribution in [3.05, 3.63) is 35.9 Å². The van der Waals surface area contributed by atoms with Gasteiger partial charge in [0.05, 0.1) is 25.4 Å². The molecule has 0 aromatic heterocycles. The number of ether oxygens (including phenoxy) is 1. The minimum atomic E-state index is -0.582. The molecular weight excluding hydrogens is 242 g/mol. The van der Waals surface area contributed by atoms with E-state index in [-0.39, 0.29) is 6.61 Å². The standard InChI is InChI=1S/C15H25NO3/c1-12(17)15(2,3)16-9-14(18)11-19-10-13-7-5-4-6-8-13/h4-8,12,14,16-18H,9-11H2,1-3H3. The molecule has 0 bridgehead atoms. The molecule has 4 nitrogen and oxygen atoms in total. The summed E-state index contributed by atoms with van der Waals surface area (Å²) in [4.78, 5) is 0. The maximum atomic E-state index is 9.80. The van der Waals surface area contributed by atoms with Crippen molar-refractivity contribution in [3.63, 3.8) is 0 Å². The van der Waals surface area contributed by atoms with E-state index in [0.29, 0.717) is 13.2 Å². The first kappa shape index (κ1) is 16.1. The van der Waals surface area contributed by atoms with Crippen molar-refractivity contribution in [1.82, 2.24) is 5.32 Å². The Morgan fingerprint density at radius 2 is 1.84 bits per heavy atom. The van der Waals surface area contributed by atoms with Crippen LogP contribution in [0.3, 0.4) is 0 Å². The molecule has 2 unspecified atom stereocenters. The van der Waals surface area contributed by atoms with Crippen LogP contribution in [0.5, 0.6) is 0 Å². The van der Waals surface area contributed by atoms with Crippen LogP contribution in [-0.2, 0) is 11.3 Å². The summed E-state index contributed by atoms with van der Waals surface area (Å²) in [6.07, 6.45) is -1.06. The zero-order chi connectivity index (χ0) is 14.3. The molecule has 0 spiro atoms. The highest BCUT2D eigenvalue weighted by Gasteiger charge is 2.23. The first-order chi connectivity index (χ1) is 8.92. The topological polar surface area (TPSA) is 61.7 Å². The quantitative estimate of drug-likeness (QED) is 0.664. The molecule has 4 heteroatoms. The van der Waals surface area contributed by atoms with Gasteiger partial charge in [-0.25, -0.2) is 0 Å². The van der Waals surface area contributed by atoms with Gasteiger partial charge in [-0.2, -0.15) is 0 Å². The van der Waals surface area contributed by atoms with Gasteiger partial charge in [-0.15, -0.1) is 0 Å². The number of β-amino-alcohol motifs (C(OH)–C–C–N with tert-alkyl or cyclic N) is 1. The molecule has 0 fully saturated rings. The highest BCUT2D eigenvalue weighted by Crippen LogP contribution is 2.08. The van der Waals surface area contributed by atoms with Gasteiger partial charge in [-0.3, -0.25) is 0 Å². The number of benzene rings is 1. The van der Waals surface area contributed by atoms with Crippen molar-refractivity contribution >= 4 is 0 Å². The molecule has 3 N–H and O–H groups in total. The average molecular weight is 267 g/mol. The lowest BCUT2D eigenvalue weighted by Gasteiger charge is -2.30. The Hall–Kier alpha value is -0.940. The van der Waals surface area contributed by atoms with Gasteiger partial charge in [0.2, 0.25) is 0 Å². The maximum Gasteiger partial charge on any atom is 0.0898 e. The highest BCUT2D eigenvalue weighted by atomic mass is 16.5. The van der Waals surface area contributed by atoms with E-state index in [1.807, 2.05) is 44.2 Å². The predicted molar refractivity (Wildman–Crippen MR) is 75.9 cm³/mol. The SMILES string of the molecule is CC(O)C(C)(C)NCC(O)COCc1ccccc1. The molecule has 108 valence electrons. The normalized spacial score (nSPS) is 15.2. The van der Waals surface area contributed by atoms with E-state index >= 15 is 0 Å². The summed E-state index contributed by atoms with van der Waals surface area (Å²) in [6, 6.07) is 9.85. The molecule has 0 aliphatic rings. The summed E-state index contributed by atoms with van der Waals surface area (Å²) in [5.74, 6) is 0. The molecule has 1 aromatic carbocycles. The van der Waals surface area contributed by atoms with E-state index in [9.17, 15) is 10.2 Å². The van der Waals surface area contributed by atoms with Crippen LogP contribution >= 0.6 is 0 Å². The fourth-order valence-corrected chi connectivity index (χ4v) is 1.47. The molecule has 0 radical (unpaired) electrons. The van der Waals surface area contributed by atoms with Gasteiger partial charge < -0.3 is 20.3 Å². The van der Waals surface area contributed by atoms with Crippen LogP contribution in [-0.4, -0.2) is 41.1 Å². The van der Waals surface area contributed by atoms with Gasteiger partial charge >= 0.3 is 0 Å². The number of hydrogen-bond acceptors (Lipinski definition) is 4. The third-order valence-electron chi connectivity index (χ3n) is 3.26. The molecule has 1 aromatic rings. The Kier molecular flexibility index (Phi) is 6.45. The van der Waals surface area contributed by atoms with Gasteiger partial charge in [-0.05, 0) is 26.3 Å². The zero-order valence-electron chi connectivity index (χ0n) is 12.0. The molecule has 0 saturated carbocycles. The van der Waals surface area contributed by atoms with Crippen LogP contribution < -0.4 is 5.32 Å². The first-order valence-corrected chi connectivity index (χ1v) is 6.64. The second-order valence-corrected chi connectivity index (χ2v) is 5.43. The molecule has 0 heterocycles. The number of rotatable bonds is 8. The molecule has 19 heavy (non-hydrogen) atoms. The summed E-state index contributed by atoms with van der Waals surface area (Å²) in [5, 5.41) is 22.5. The summed E-state index contributed by atoms with van der Waals surface area (Å²) in [5.41, 5.74) is 0.674. The van der Waals surface area contributed by atoms with E-state index in [0.717, 1.165) is 5.56 Å². The van der Waals surface area contributed by atoms with Gasteiger partial charge in [0, 0.05) is 12.1 Å². The molecule has 2 atom stereocenters. The van der Waals surface area contributed by atoms with Crippen molar-refractivity contribution in [2.24, 2.45) is 0 Å². The third-order valence-corrected chi connectivity index (χ3v) is 3.26. The highest BCUT2D eigenvalue weighted by molar-refractivity contribution is 5.13. The van der Waals surface area contributed by atoms with E-state index in [2.05, 4.69) is 5.32 Å². The monoisotopic (exact) mass is 267 g/mol. The lowest BCUT2D eigenvalue weighted by Crippen LogP contribution is -2.51. The number of aliphatic hydroxyl groups is 2. The maximum absolute atomic E-state index is 9.80. The zero-order valence-corrected chi connectivity index (χ0v) is 12.0. The van der Waals surface area contributed by atoms with Crippen molar-refractivity contribution in [3.8, 4) is 0 Å². The lowest BCUT2D eigenvalue weighted by molar-refractivity contribution is 0.0183. The second-order valence-electron chi connectivity index (χ2n) is 5.43. The molecule has 0 aliphatic carbocycles. The van der Waals surface area contributed by atoms with Gasteiger partial charge in [0.15, 0.2) is 0 Å². The van der Waals surface area contributed by atoms with Gasteiger partial charge in [0.25, 0.3) is 0 Å². The van der Waals surface area contributed by atoms with E-state index in [1.54, 1.807) is 6.92 Å². The minimum absolute atomic E-state index is 0.276. The summed E-state index contributed by atoms with van der Waals surface area (Å²) in [6.45, 7) is 6.69. The van der Waals surface area contributed by atoms with Crippen molar-refractivity contribution < 1.29 is 14.9 Å². The van der Waals surface area contributed by atoms with E-state index < -0.39 is 17.7 Å². The van der Waals surface area contributed by atoms with Crippen LogP contribution in [0.4, 0.5) is 0 Å². The molecule has 0 amide bonds. The average Bonchev–Trinajstić information content (AvgIpc) is 2.37. The predicted octanol–water partition coefficient (Wildman–Crippen LogP) is 1.31. The second kappa shape index (κ2) is 7.60. The molecule has 1 rings (SSSR count). The van der Waals surface area contributed by atoms with Crippen LogP contribution in [0.2, 0.25) is 0 Å². The van der Waals surface area contributed by atoms with Crippen LogP contribution in [0.25, 0.3) is 0 Å². The Morgan fingerprint density at radius 1 is 1.21 bits per heavy atom. The number of hydrogen-bond donors (Lipinski definition) is 3. The van der Waals surface area contributed by atoms with Crippen molar-refractivity contribution in [2.45, 2.75) is 45.1 Å². The minimum Gasteiger partial charge on any atom is -0.392 e. The van der Waals surface area contributed by atoms with Crippen molar-refractivity contribution in [1.29, 1.82) is 0 Å². The Balaban J connectivity index is 2.20. The lowest BCUT2D eigenvalue weighted by atomic mass is 9.99. The fraction of sp³-hybridized carbons (Fsp3) is 0.600. The molecule has 0 saturated heterocycles. The first-order valence-electron chi connectivity index (χ1n) is 6.64. The summed E-state index contributed by atoms with van der Waals surface area (Å²) in [7, 11) is 0. The third kappa shape index (κ3) is 6.16. The smallest absolute Gasteiger partial charge is 0.0898 e. The van der Waals surface area contributed by atoms with Crippen LogP contribution in [0, 0.1) is 0 Å². The van der Waals surface area contributed by atoms with E-state index in [4.69, 9.17) is 4.74 Å². The Labute approximate surface area is 115 Å². The van der Waals surface area contributed by atoms with E-state index in [1.165, 1.54) is 0 Å². The van der Waals surface area contributed by atoms with Crippen molar-refractivity contribution in [2.75, 3.05) is 13.2 Å².